The van der Waals surface area contributed by atoms with Crippen LogP contribution in [-0.4, -0.2) is 23.0 Å². The minimum Gasteiger partial charge on any atom is -0.334 e. The van der Waals surface area contributed by atoms with Crippen molar-refractivity contribution in [1.82, 2.24) is 14.5 Å². The number of nitrogens with one attached hydrogen (secondary N) is 1. The summed E-state index contributed by atoms with van der Waals surface area (Å²) in [4.78, 5) is 8.16. The van der Waals surface area contributed by atoms with E-state index < -0.39 is 10.0 Å². The molecule has 0 aromatic carbocycles. The van der Waals surface area contributed by atoms with Crippen molar-refractivity contribution in [1.29, 1.82) is 0 Å². The minimum absolute atomic E-state index is 0.0100. The van der Waals surface area contributed by atoms with E-state index in [9.17, 15) is 8.42 Å². The molecule has 2 aromatic heterocycles. The average Bonchev–Trinajstić information content (AvgIpc) is 2.77. The quantitative estimate of drug-likeness (QED) is 0.874. The summed E-state index contributed by atoms with van der Waals surface area (Å²) in [5.74, 6) is 0.954. The van der Waals surface area contributed by atoms with Gasteiger partial charge in [-0.2, -0.15) is 8.42 Å². The summed E-state index contributed by atoms with van der Waals surface area (Å²) in [6.07, 6.45) is 4.03. The summed E-state index contributed by atoms with van der Waals surface area (Å²) in [6, 6.07) is 1.66. The van der Waals surface area contributed by atoms with Crippen LogP contribution in [0.25, 0.3) is 0 Å². The molecule has 0 radical (unpaired) electrons. The van der Waals surface area contributed by atoms with Gasteiger partial charge in [-0.3, -0.25) is 4.72 Å². The first-order valence-corrected chi connectivity index (χ1v) is 8.80. The molecule has 0 aliphatic heterocycles. The molecule has 2 aromatic rings. The van der Waals surface area contributed by atoms with Gasteiger partial charge in [0, 0.05) is 23.4 Å². The van der Waals surface area contributed by atoms with Crippen LogP contribution in [0.4, 0.5) is 5.82 Å². The van der Waals surface area contributed by atoms with E-state index >= 15 is 0 Å². The number of halogens is 1. The molecular formula is C13H17BrN4O2S. The summed E-state index contributed by atoms with van der Waals surface area (Å²) in [5, 5.41) is 0.0100. The predicted molar refractivity (Wildman–Crippen MR) is 84.7 cm³/mol. The molecule has 0 aliphatic carbocycles. The number of pyridine rings is 1. The van der Waals surface area contributed by atoms with E-state index in [1.54, 1.807) is 25.4 Å². The Hall–Kier alpha value is -1.41. The second-order valence-corrected chi connectivity index (χ2v) is 7.23. The number of imidazole rings is 1. The van der Waals surface area contributed by atoms with Crippen LogP contribution in [0.5, 0.6) is 0 Å². The van der Waals surface area contributed by atoms with E-state index in [2.05, 4.69) is 30.6 Å². The maximum atomic E-state index is 12.3. The van der Waals surface area contributed by atoms with E-state index in [4.69, 9.17) is 0 Å². The van der Waals surface area contributed by atoms with Crippen molar-refractivity contribution in [3.63, 3.8) is 0 Å². The molecule has 0 spiro atoms. The molecule has 0 aliphatic rings. The minimum atomic E-state index is -3.72. The van der Waals surface area contributed by atoms with Crippen LogP contribution < -0.4 is 4.72 Å². The van der Waals surface area contributed by atoms with Gasteiger partial charge in [0.15, 0.2) is 5.03 Å². The van der Waals surface area contributed by atoms with Gasteiger partial charge in [-0.25, -0.2) is 9.97 Å². The zero-order valence-electron chi connectivity index (χ0n) is 12.1. The van der Waals surface area contributed by atoms with Gasteiger partial charge in [0.25, 0.3) is 10.0 Å². The molecule has 1 N–H and O–H groups in total. The zero-order valence-corrected chi connectivity index (χ0v) is 14.5. The van der Waals surface area contributed by atoms with Crippen molar-refractivity contribution in [3.8, 4) is 0 Å². The summed E-state index contributed by atoms with van der Waals surface area (Å²) < 4.78 is 29.8. The highest BCUT2D eigenvalue weighted by Gasteiger charge is 2.20. The average molecular weight is 373 g/mol. The molecule has 8 heteroatoms. The van der Waals surface area contributed by atoms with E-state index in [0.29, 0.717) is 5.82 Å². The van der Waals surface area contributed by atoms with Crippen molar-refractivity contribution in [2.75, 3.05) is 4.72 Å². The Labute approximate surface area is 132 Å². The van der Waals surface area contributed by atoms with Crippen LogP contribution in [-0.2, 0) is 16.6 Å². The number of hydrogen-bond acceptors (Lipinski definition) is 4. The summed E-state index contributed by atoms with van der Waals surface area (Å²) >= 11 is 3.33. The fraction of sp³-hybridized carbons (Fsp3) is 0.385. The molecule has 0 bridgehead atoms. The molecule has 0 amide bonds. The monoisotopic (exact) mass is 372 g/mol. The standard InChI is InChI=1S/C13H17BrN4O2S/c1-4-5-18-8-13(16-10(18)3)21(19,20)17-12-6-9(2)11(14)7-15-12/h6-8H,4-5H2,1-3H3,(H,15,17). The molecule has 6 nitrogen and oxygen atoms in total. The third kappa shape index (κ3) is 3.62. The summed E-state index contributed by atoms with van der Waals surface area (Å²) in [6.45, 7) is 6.42. The van der Waals surface area contributed by atoms with E-state index in [0.717, 1.165) is 23.0 Å². The molecule has 2 heterocycles. The number of sulfonamides is 1. The van der Waals surface area contributed by atoms with Gasteiger partial charge in [-0.15, -0.1) is 0 Å². The van der Waals surface area contributed by atoms with E-state index in [1.165, 1.54) is 0 Å². The highest BCUT2D eigenvalue weighted by Crippen LogP contribution is 2.20. The Morgan fingerprint density at radius 2 is 2.10 bits per heavy atom. The molecule has 0 fully saturated rings. The van der Waals surface area contributed by atoms with E-state index in [-0.39, 0.29) is 10.8 Å². The smallest absolute Gasteiger partial charge is 0.282 e. The predicted octanol–water partition coefficient (Wildman–Crippen LogP) is 2.87. The topological polar surface area (TPSA) is 76.9 Å². The highest BCUT2D eigenvalue weighted by atomic mass is 79.9. The largest absolute Gasteiger partial charge is 0.334 e. The van der Waals surface area contributed by atoms with Crippen LogP contribution in [0.15, 0.2) is 28.0 Å². The first-order valence-electron chi connectivity index (χ1n) is 6.52. The molecule has 0 atom stereocenters. The van der Waals surface area contributed by atoms with Crippen LogP contribution in [0.2, 0.25) is 0 Å². The van der Waals surface area contributed by atoms with Crippen molar-refractivity contribution in [3.05, 3.63) is 34.3 Å². The lowest BCUT2D eigenvalue weighted by Crippen LogP contribution is -2.14. The fourth-order valence-electron chi connectivity index (χ4n) is 1.86. The van der Waals surface area contributed by atoms with Crippen LogP contribution in [0, 0.1) is 13.8 Å². The third-order valence-corrected chi connectivity index (χ3v) is 5.04. The maximum Gasteiger partial charge on any atom is 0.282 e. The van der Waals surface area contributed by atoms with Crippen LogP contribution in [0.1, 0.15) is 24.7 Å². The van der Waals surface area contributed by atoms with Crippen LogP contribution >= 0.6 is 15.9 Å². The van der Waals surface area contributed by atoms with Crippen molar-refractivity contribution in [2.24, 2.45) is 0 Å². The van der Waals surface area contributed by atoms with Gasteiger partial charge >= 0.3 is 0 Å². The number of nitrogens with zero attached hydrogens (tertiary/aromatic N) is 3. The van der Waals surface area contributed by atoms with Gasteiger partial charge in [0.1, 0.15) is 11.6 Å². The number of anilines is 1. The van der Waals surface area contributed by atoms with E-state index in [1.807, 2.05) is 18.4 Å². The lowest BCUT2D eigenvalue weighted by molar-refractivity contribution is 0.597. The van der Waals surface area contributed by atoms with Crippen molar-refractivity contribution >= 4 is 31.8 Å². The number of hydrogen-bond donors (Lipinski definition) is 1. The first-order chi connectivity index (χ1) is 9.83. The molecule has 0 saturated carbocycles. The number of aromatic nitrogens is 3. The summed E-state index contributed by atoms with van der Waals surface area (Å²) in [7, 11) is -3.72. The Balaban J connectivity index is 2.29. The second kappa shape index (κ2) is 6.15. The summed E-state index contributed by atoms with van der Waals surface area (Å²) in [5.41, 5.74) is 0.899. The lowest BCUT2D eigenvalue weighted by Gasteiger charge is -2.06. The fourth-order valence-corrected chi connectivity index (χ4v) is 3.09. The van der Waals surface area contributed by atoms with Gasteiger partial charge in [-0.05, 0) is 47.8 Å². The number of rotatable bonds is 5. The SMILES string of the molecule is CCCn1cc(S(=O)(=O)Nc2cc(C)c(Br)cn2)nc1C. The van der Waals surface area contributed by atoms with Gasteiger partial charge < -0.3 is 4.57 Å². The lowest BCUT2D eigenvalue weighted by atomic mass is 10.3. The van der Waals surface area contributed by atoms with Crippen molar-refractivity contribution in [2.45, 2.75) is 38.8 Å². The first kappa shape index (κ1) is 16.0. The Morgan fingerprint density at radius 1 is 1.38 bits per heavy atom. The third-order valence-electron chi connectivity index (χ3n) is 2.98. The normalized spacial score (nSPS) is 11.6. The molecule has 0 unspecified atom stereocenters. The van der Waals surface area contributed by atoms with Crippen LogP contribution in [0.3, 0.4) is 0 Å². The van der Waals surface area contributed by atoms with Crippen molar-refractivity contribution < 1.29 is 8.42 Å². The Bertz CT molecular complexity index is 756. The second-order valence-electron chi connectivity index (χ2n) is 4.74. The highest BCUT2D eigenvalue weighted by molar-refractivity contribution is 9.10. The van der Waals surface area contributed by atoms with Gasteiger partial charge in [-0.1, -0.05) is 6.92 Å². The Kier molecular flexibility index (Phi) is 4.67. The maximum absolute atomic E-state index is 12.3. The molecule has 21 heavy (non-hydrogen) atoms. The molecule has 114 valence electrons. The van der Waals surface area contributed by atoms with Gasteiger partial charge in [0.05, 0.1) is 0 Å². The molecule has 0 saturated heterocycles. The zero-order chi connectivity index (χ0) is 15.6. The Morgan fingerprint density at radius 3 is 2.71 bits per heavy atom. The van der Waals surface area contributed by atoms with Gasteiger partial charge in [0.2, 0.25) is 0 Å². The molecular weight excluding hydrogens is 356 g/mol. The molecule has 2 rings (SSSR count). The number of aryl methyl sites for hydroxylation is 3.